The SMILES string of the molecule is CC(Cc1ccccc1F)NC(=O)NCCO. The molecule has 1 atom stereocenters. The molecule has 0 spiro atoms. The van der Waals surface area contributed by atoms with Crippen LogP contribution in [0.1, 0.15) is 12.5 Å². The number of nitrogens with one attached hydrogen (secondary N) is 2. The molecular formula is C12H17FN2O2. The number of hydrogen-bond acceptors (Lipinski definition) is 2. The Morgan fingerprint density at radius 1 is 1.47 bits per heavy atom. The van der Waals surface area contributed by atoms with Gasteiger partial charge < -0.3 is 15.7 Å². The van der Waals surface area contributed by atoms with Gasteiger partial charge in [-0.1, -0.05) is 18.2 Å². The van der Waals surface area contributed by atoms with Crippen molar-refractivity contribution in [2.24, 2.45) is 0 Å². The lowest BCUT2D eigenvalue weighted by Crippen LogP contribution is -2.42. The van der Waals surface area contributed by atoms with E-state index >= 15 is 0 Å². The second-order valence-electron chi connectivity index (χ2n) is 3.82. The summed E-state index contributed by atoms with van der Waals surface area (Å²) in [5.41, 5.74) is 0.572. The van der Waals surface area contributed by atoms with Gasteiger partial charge in [-0.25, -0.2) is 9.18 Å². The predicted molar refractivity (Wildman–Crippen MR) is 63.2 cm³/mol. The Bertz CT molecular complexity index is 371. The minimum Gasteiger partial charge on any atom is -0.395 e. The molecule has 0 aliphatic rings. The van der Waals surface area contributed by atoms with Crippen LogP contribution in [-0.2, 0) is 6.42 Å². The molecule has 0 radical (unpaired) electrons. The number of amides is 2. The van der Waals surface area contributed by atoms with Crippen molar-refractivity contribution in [2.75, 3.05) is 13.2 Å². The van der Waals surface area contributed by atoms with Gasteiger partial charge >= 0.3 is 6.03 Å². The molecule has 0 heterocycles. The highest BCUT2D eigenvalue weighted by atomic mass is 19.1. The van der Waals surface area contributed by atoms with Crippen LogP contribution >= 0.6 is 0 Å². The van der Waals surface area contributed by atoms with E-state index in [-0.39, 0.29) is 31.0 Å². The zero-order chi connectivity index (χ0) is 12.7. The topological polar surface area (TPSA) is 61.4 Å². The second-order valence-corrected chi connectivity index (χ2v) is 3.82. The molecule has 1 aromatic carbocycles. The molecule has 3 N–H and O–H groups in total. The van der Waals surface area contributed by atoms with Gasteiger partial charge in [0.1, 0.15) is 5.82 Å². The van der Waals surface area contributed by atoms with Gasteiger partial charge in [0, 0.05) is 12.6 Å². The van der Waals surface area contributed by atoms with Crippen molar-refractivity contribution in [1.82, 2.24) is 10.6 Å². The fourth-order valence-corrected chi connectivity index (χ4v) is 1.49. The third-order valence-corrected chi connectivity index (χ3v) is 2.26. The van der Waals surface area contributed by atoms with E-state index in [9.17, 15) is 9.18 Å². The Kier molecular flexibility index (Phi) is 5.42. The number of benzene rings is 1. The molecule has 2 amide bonds. The molecule has 0 fully saturated rings. The second kappa shape index (κ2) is 6.85. The summed E-state index contributed by atoms with van der Waals surface area (Å²) in [6.07, 6.45) is 0.430. The fraction of sp³-hybridized carbons (Fsp3) is 0.417. The first kappa shape index (κ1) is 13.4. The van der Waals surface area contributed by atoms with E-state index in [2.05, 4.69) is 10.6 Å². The van der Waals surface area contributed by atoms with E-state index in [1.807, 2.05) is 0 Å². The average molecular weight is 240 g/mol. The van der Waals surface area contributed by atoms with Gasteiger partial charge in [-0.2, -0.15) is 0 Å². The number of halogens is 1. The Balaban J connectivity index is 2.42. The number of carbonyl (C=O) groups excluding carboxylic acids is 1. The van der Waals surface area contributed by atoms with E-state index in [4.69, 9.17) is 5.11 Å². The summed E-state index contributed by atoms with van der Waals surface area (Å²) in [7, 11) is 0. The van der Waals surface area contributed by atoms with Crippen LogP contribution in [0.5, 0.6) is 0 Å². The van der Waals surface area contributed by atoms with Crippen molar-refractivity contribution in [3.05, 3.63) is 35.6 Å². The van der Waals surface area contributed by atoms with Gasteiger partial charge in [0.2, 0.25) is 0 Å². The van der Waals surface area contributed by atoms with Crippen LogP contribution in [0.25, 0.3) is 0 Å². The molecular weight excluding hydrogens is 223 g/mol. The number of rotatable bonds is 5. The summed E-state index contributed by atoms with van der Waals surface area (Å²) in [5.74, 6) is -0.267. The smallest absolute Gasteiger partial charge is 0.315 e. The van der Waals surface area contributed by atoms with E-state index < -0.39 is 0 Å². The standard InChI is InChI=1S/C12H17FN2O2/c1-9(15-12(17)14-6-7-16)8-10-4-2-3-5-11(10)13/h2-5,9,16H,6-8H2,1H3,(H2,14,15,17). The molecule has 0 aromatic heterocycles. The van der Waals surface area contributed by atoms with Crippen LogP contribution in [0.2, 0.25) is 0 Å². The molecule has 0 aliphatic heterocycles. The number of aliphatic hydroxyl groups is 1. The van der Waals surface area contributed by atoms with Crippen molar-refractivity contribution >= 4 is 6.03 Å². The van der Waals surface area contributed by atoms with E-state index in [1.54, 1.807) is 25.1 Å². The molecule has 4 nitrogen and oxygen atoms in total. The molecule has 0 saturated heterocycles. The van der Waals surface area contributed by atoms with Crippen molar-refractivity contribution in [3.8, 4) is 0 Å². The van der Waals surface area contributed by atoms with Crippen molar-refractivity contribution in [2.45, 2.75) is 19.4 Å². The minimum absolute atomic E-state index is 0.102. The molecule has 0 bridgehead atoms. The van der Waals surface area contributed by atoms with Crippen LogP contribution in [0.3, 0.4) is 0 Å². The zero-order valence-corrected chi connectivity index (χ0v) is 9.74. The monoisotopic (exact) mass is 240 g/mol. The lowest BCUT2D eigenvalue weighted by Gasteiger charge is -2.14. The first-order valence-corrected chi connectivity index (χ1v) is 5.52. The maximum absolute atomic E-state index is 13.3. The predicted octanol–water partition coefficient (Wildman–Crippen LogP) is 1.05. The number of hydrogen-bond donors (Lipinski definition) is 3. The van der Waals surface area contributed by atoms with Crippen LogP contribution in [0.4, 0.5) is 9.18 Å². The zero-order valence-electron chi connectivity index (χ0n) is 9.74. The summed E-state index contributed by atoms with van der Waals surface area (Å²) < 4.78 is 13.3. The summed E-state index contributed by atoms with van der Waals surface area (Å²) in [4.78, 5) is 11.3. The first-order valence-electron chi connectivity index (χ1n) is 5.52. The summed E-state index contributed by atoms with van der Waals surface area (Å²) in [5, 5.41) is 13.7. The van der Waals surface area contributed by atoms with Crippen LogP contribution in [0.15, 0.2) is 24.3 Å². The highest BCUT2D eigenvalue weighted by molar-refractivity contribution is 5.74. The molecule has 94 valence electrons. The van der Waals surface area contributed by atoms with Crippen LogP contribution in [0, 0.1) is 5.82 Å². The highest BCUT2D eigenvalue weighted by Crippen LogP contribution is 2.08. The summed E-state index contributed by atoms with van der Waals surface area (Å²) in [6.45, 7) is 1.90. The summed E-state index contributed by atoms with van der Waals surface area (Å²) >= 11 is 0. The van der Waals surface area contributed by atoms with Gasteiger partial charge in [0.15, 0.2) is 0 Å². The lowest BCUT2D eigenvalue weighted by molar-refractivity contribution is 0.231. The van der Waals surface area contributed by atoms with Crippen LogP contribution in [-0.4, -0.2) is 30.3 Å². The minimum atomic E-state index is -0.358. The number of carbonyl (C=O) groups is 1. The third-order valence-electron chi connectivity index (χ3n) is 2.26. The number of urea groups is 1. The molecule has 1 aromatic rings. The Hall–Kier alpha value is -1.62. The van der Waals surface area contributed by atoms with Gasteiger partial charge in [0.05, 0.1) is 6.61 Å². The van der Waals surface area contributed by atoms with Gasteiger partial charge in [-0.15, -0.1) is 0 Å². The van der Waals surface area contributed by atoms with Gasteiger partial charge in [0.25, 0.3) is 0 Å². The molecule has 1 rings (SSSR count). The number of aliphatic hydroxyl groups excluding tert-OH is 1. The van der Waals surface area contributed by atoms with Crippen molar-refractivity contribution in [3.63, 3.8) is 0 Å². The van der Waals surface area contributed by atoms with E-state index in [0.29, 0.717) is 12.0 Å². The third kappa shape index (κ3) is 4.82. The molecule has 0 aliphatic carbocycles. The van der Waals surface area contributed by atoms with Gasteiger partial charge in [-0.05, 0) is 25.0 Å². The van der Waals surface area contributed by atoms with Crippen molar-refractivity contribution in [1.29, 1.82) is 0 Å². The summed E-state index contributed by atoms with van der Waals surface area (Å²) in [6, 6.07) is 5.95. The molecule has 17 heavy (non-hydrogen) atoms. The maximum Gasteiger partial charge on any atom is 0.315 e. The quantitative estimate of drug-likeness (QED) is 0.720. The Morgan fingerprint density at radius 3 is 2.82 bits per heavy atom. The largest absolute Gasteiger partial charge is 0.395 e. The fourth-order valence-electron chi connectivity index (χ4n) is 1.49. The maximum atomic E-state index is 13.3. The lowest BCUT2D eigenvalue weighted by atomic mass is 10.1. The highest BCUT2D eigenvalue weighted by Gasteiger charge is 2.09. The molecule has 1 unspecified atom stereocenters. The van der Waals surface area contributed by atoms with Crippen LogP contribution < -0.4 is 10.6 Å². The molecule has 0 saturated carbocycles. The van der Waals surface area contributed by atoms with Crippen molar-refractivity contribution < 1.29 is 14.3 Å². The first-order chi connectivity index (χ1) is 8.13. The van der Waals surface area contributed by atoms with E-state index in [1.165, 1.54) is 6.07 Å². The average Bonchev–Trinajstić information content (AvgIpc) is 2.29. The van der Waals surface area contributed by atoms with Gasteiger partial charge in [-0.3, -0.25) is 0 Å². The Morgan fingerprint density at radius 2 is 2.18 bits per heavy atom. The Labute approximate surface area is 99.8 Å². The van der Waals surface area contributed by atoms with E-state index in [0.717, 1.165) is 0 Å². The molecule has 5 heteroatoms. The normalized spacial score (nSPS) is 11.9.